The molecule has 2 aromatic rings. The van der Waals surface area contributed by atoms with Gasteiger partial charge in [0.25, 0.3) is 5.91 Å². The predicted molar refractivity (Wildman–Crippen MR) is 123 cm³/mol. The number of nitrogens with zero attached hydrogens (tertiary/aromatic N) is 2. The third-order valence-electron chi connectivity index (χ3n) is 6.25. The van der Waals surface area contributed by atoms with Crippen LogP contribution in [0.1, 0.15) is 31.7 Å². The maximum Gasteiger partial charge on any atom is 0.260 e. The van der Waals surface area contributed by atoms with E-state index in [-0.39, 0.29) is 30.4 Å². The lowest BCUT2D eigenvalue weighted by atomic mass is 9.84. The first-order chi connectivity index (χ1) is 15.8. The first-order valence-electron chi connectivity index (χ1n) is 11.1. The number of ether oxygens (including phenoxy) is 1. The van der Waals surface area contributed by atoms with Gasteiger partial charge in [0.1, 0.15) is 17.4 Å². The van der Waals surface area contributed by atoms with Crippen LogP contribution in [0.25, 0.3) is 0 Å². The minimum absolute atomic E-state index is 0.0302. The van der Waals surface area contributed by atoms with Crippen molar-refractivity contribution >= 4 is 23.4 Å². The molecule has 1 aliphatic heterocycles. The number of amides is 2. The molecule has 0 spiro atoms. The fraction of sp³-hybridized carbons (Fsp3) is 0.440. The molecule has 3 rings (SSSR count). The van der Waals surface area contributed by atoms with Crippen LogP contribution in [0.5, 0.6) is 5.75 Å². The minimum Gasteiger partial charge on any atom is -0.484 e. The van der Waals surface area contributed by atoms with Crippen molar-refractivity contribution in [2.24, 2.45) is 5.92 Å². The van der Waals surface area contributed by atoms with Gasteiger partial charge >= 0.3 is 0 Å². The number of hydrogen-bond acceptors (Lipinski definition) is 3. The van der Waals surface area contributed by atoms with E-state index in [9.17, 15) is 18.4 Å². The van der Waals surface area contributed by atoms with Crippen molar-refractivity contribution in [2.45, 2.75) is 38.6 Å². The smallest absolute Gasteiger partial charge is 0.260 e. The molecule has 1 atom stereocenters. The molecule has 33 heavy (non-hydrogen) atoms. The number of carbonyl (C=O) groups is 2. The van der Waals surface area contributed by atoms with E-state index in [0.717, 1.165) is 6.07 Å². The van der Waals surface area contributed by atoms with Gasteiger partial charge < -0.3 is 14.5 Å². The van der Waals surface area contributed by atoms with Gasteiger partial charge in [-0.25, -0.2) is 8.78 Å². The third-order valence-corrected chi connectivity index (χ3v) is 6.50. The van der Waals surface area contributed by atoms with Crippen LogP contribution in [0.2, 0.25) is 5.02 Å². The van der Waals surface area contributed by atoms with Crippen LogP contribution in [0, 0.1) is 17.6 Å². The van der Waals surface area contributed by atoms with Crippen molar-refractivity contribution in [1.82, 2.24) is 9.80 Å². The Labute approximate surface area is 198 Å². The average molecular weight is 479 g/mol. The second-order valence-corrected chi connectivity index (χ2v) is 8.76. The molecule has 0 N–H and O–H groups in total. The van der Waals surface area contributed by atoms with Gasteiger partial charge in [0.15, 0.2) is 6.61 Å². The Morgan fingerprint density at radius 1 is 1.15 bits per heavy atom. The zero-order valence-corrected chi connectivity index (χ0v) is 19.7. The molecule has 0 saturated carbocycles. The molecule has 1 heterocycles. The van der Waals surface area contributed by atoms with Gasteiger partial charge in [-0.1, -0.05) is 24.6 Å². The molecule has 178 valence electrons. The molecule has 0 radical (unpaired) electrons. The minimum atomic E-state index is -0.626. The van der Waals surface area contributed by atoms with E-state index >= 15 is 0 Å². The SMILES string of the molecule is CCC(=O)N(C)[C@@H](Cc1ccc(F)cc1F)C1CCN(C(=O)COc2ccc(Cl)cc2)CC1. The van der Waals surface area contributed by atoms with Gasteiger partial charge in [-0.15, -0.1) is 0 Å². The Morgan fingerprint density at radius 3 is 2.42 bits per heavy atom. The van der Waals surface area contributed by atoms with Crippen LogP contribution in [0.15, 0.2) is 42.5 Å². The fourth-order valence-electron chi connectivity index (χ4n) is 4.27. The van der Waals surface area contributed by atoms with Gasteiger partial charge in [-0.3, -0.25) is 9.59 Å². The van der Waals surface area contributed by atoms with Crippen LogP contribution in [-0.4, -0.2) is 54.4 Å². The number of likely N-dealkylation sites (N-methyl/N-ethyl adjacent to an activating group) is 1. The number of likely N-dealkylation sites (tertiary alicyclic amines) is 1. The van der Waals surface area contributed by atoms with E-state index in [0.29, 0.717) is 55.1 Å². The van der Waals surface area contributed by atoms with Crippen molar-refractivity contribution in [3.05, 3.63) is 64.7 Å². The highest BCUT2D eigenvalue weighted by Gasteiger charge is 2.33. The first kappa shape index (κ1) is 25.0. The van der Waals surface area contributed by atoms with Gasteiger partial charge in [-0.05, 0) is 61.1 Å². The second kappa shape index (κ2) is 11.5. The summed E-state index contributed by atoms with van der Waals surface area (Å²) < 4.78 is 33.2. The quantitative estimate of drug-likeness (QED) is 0.552. The van der Waals surface area contributed by atoms with E-state index in [4.69, 9.17) is 16.3 Å². The Kier molecular flexibility index (Phi) is 8.67. The number of carbonyl (C=O) groups excluding carboxylic acids is 2. The van der Waals surface area contributed by atoms with Crippen LogP contribution in [-0.2, 0) is 16.0 Å². The Hall–Kier alpha value is -2.67. The van der Waals surface area contributed by atoms with Crippen molar-refractivity contribution in [1.29, 1.82) is 0 Å². The summed E-state index contributed by atoms with van der Waals surface area (Å²) in [6, 6.07) is 10.1. The monoisotopic (exact) mass is 478 g/mol. The van der Waals surface area contributed by atoms with E-state index in [2.05, 4.69) is 0 Å². The molecular formula is C25H29ClF2N2O3. The second-order valence-electron chi connectivity index (χ2n) is 8.33. The third kappa shape index (κ3) is 6.67. The van der Waals surface area contributed by atoms with Crippen LogP contribution >= 0.6 is 11.6 Å². The lowest BCUT2D eigenvalue weighted by Gasteiger charge is -2.40. The van der Waals surface area contributed by atoms with Gasteiger partial charge in [0, 0.05) is 43.7 Å². The number of rotatable bonds is 8. The van der Waals surface area contributed by atoms with Gasteiger partial charge in [0.2, 0.25) is 5.91 Å². The summed E-state index contributed by atoms with van der Waals surface area (Å²) in [7, 11) is 1.73. The number of piperidine rings is 1. The molecule has 1 fully saturated rings. The summed E-state index contributed by atoms with van der Waals surface area (Å²) in [6.07, 6.45) is 2.01. The normalized spacial score (nSPS) is 15.2. The first-order valence-corrected chi connectivity index (χ1v) is 11.5. The van der Waals surface area contributed by atoms with Crippen molar-refractivity contribution in [3.63, 3.8) is 0 Å². The lowest BCUT2D eigenvalue weighted by molar-refractivity contribution is -0.137. The Morgan fingerprint density at radius 2 is 1.82 bits per heavy atom. The number of halogens is 3. The summed E-state index contributed by atoms with van der Waals surface area (Å²) in [5.41, 5.74) is 0.382. The molecule has 2 amide bonds. The zero-order chi connectivity index (χ0) is 24.0. The summed E-state index contributed by atoms with van der Waals surface area (Å²) in [6.45, 7) is 2.79. The maximum absolute atomic E-state index is 14.3. The molecule has 0 aliphatic carbocycles. The summed E-state index contributed by atoms with van der Waals surface area (Å²) in [5.74, 6) is -0.706. The number of hydrogen-bond donors (Lipinski definition) is 0. The molecular weight excluding hydrogens is 450 g/mol. The Balaban J connectivity index is 1.61. The topological polar surface area (TPSA) is 49.9 Å². The van der Waals surface area contributed by atoms with Crippen LogP contribution < -0.4 is 4.74 Å². The maximum atomic E-state index is 14.3. The molecule has 0 aromatic heterocycles. The molecule has 8 heteroatoms. The molecule has 5 nitrogen and oxygen atoms in total. The van der Waals surface area contributed by atoms with E-state index in [1.165, 1.54) is 12.1 Å². The van der Waals surface area contributed by atoms with Crippen LogP contribution in [0.3, 0.4) is 0 Å². The average Bonchev–Trinajstić information content (AvgIpc) is 2.82. The molecule has 1 aliphatic rings. The molecule has 2 aromatic carbocycles. The fourth-order valence-corrected chi connectivity index (χ4v) is 4.39. The Bertz CT molecular complexity index is 963. The molecule has 1 saturated heterocycles. The van der Waals surface area contributed by atoms with Crippen molar-refractivity contribution < 1.29 is 23.1 Å². The molecule has 0 bridgehead atoms. The highest BCUT2D eigenvalue weighted by molar-refractivity contribution is 6.30. The van der Waals surface area contributed by atoms with Gasteiger partial charge in [-0.2, -0.15) is 0 Å². The predicted octanol–water partition coefficient (Wildman–Crippen LogP) is 4.72. The molecule has 0 unspecified atom stereocenters. The van der Waals surface area contributed by atoms with Crippen LogP contribution in [0.4, 0.5) is 8.78 Å². The van der Waals surface area contributed by atoms with Crippen molar-refractivity contribution in [2.75, 3.05) is 26.7 Å². The highest BCUT2D eigenvalue weighted by atomic mass is 35.5. The standard InChI is InChI=1S/C25H29ClF2N2O3/c1-3-24(31)29(2)23(14-18-4-7-20(27)15-22(18)28)17-10-12-30(13-11-17)25(32)16-33-21-8-5-19(26)6-9-21/h4-9,15,17,23H,3,10-14,16H2,1-2H3/t23-/m0/s1. The summed E-state index contributed by atoms with van der Waals surface area (Å²) in [5, 5.41) is 0.595. The van der Waals surface area contributed by atoms with Gasteiger partial charge in [0.05, 0.1) is 0 Å². The highest BCUT2D eigenvalue weighted by Crippen LogP contribution is 2.28. The van der Waals surface area contributed by atoms with E-state index in [1.54, 1.807) is 48.0 Å². The lowest BCUT2D eigenvalue weighted by Crippen LogP contribution is -2.49. The largest absolute Gasteiger partial charge is 0.484 e. The number of benzene rings is 2. The van der Waals surface area contributed by atoms with Crippen molar-refractivity contribution in [3.8, 4) is 5.75 Å². The summed E-state index contributed by atoms with van der Waals surface area (Å²) >= 11 is 5.86. The zero-order valence-electron chi connectivity index (χ0n) is 18.9. The van der Waals surface area contributed by atoms with E-state index < -0.39 is 11.6 Å². The van der Waals surface area contributed by atoms with E-state index in [1.807, 2.05) is 0 Å². The summed E-state index contributed by atoms with van der Waals surface area (Å²) in [4.78, 5) is 28.4.